The Labute approximate surface area is 118 Å². The molecule has 110 valence electrons. The van der Waals surface area contributed by atoms with Crippen LogP contribution in [0.1, 0.15) is 54.8 Å². The molecule has 1 aromatic rings. The van der Waals surface area contributed by atoms with Gasteiger partial charge in [0.25, 0.3) is 0 Å². The highest BCUT2D eigenvalue weighted by Gasteiger charge is 2.18. The Kier molecular flexibility index (Phi) is 4.76. The Balaban J connectivity index is 1.97. The van der Waals surface area contributed by atoms with Crippen LogP contribution in [0.3, 0.4) is 0 Å². The van der Waals surface area contributed by atoms with E-state index in [0.29, 0.717) is 5.82 Å². The molecule has 0 aromatic carbocycles. The Morgan fingerprint density at radius 3 is 2.60 bits per heavy atom. The molecule has 1 saturated carbocycles. The monoisotopic (exact) mass is 279 g/mol. The third-order valence-electron chi connectivity index (χ3n) is 3.80. The summed E-state index contributed by atoms with van der Waals surface area (Å²) in [5.41, 5.74) is 0.0542. The minimum atomic E-state index is -1.06. The number of nitrogens with one attached hydrogen (secondary N) is 1. The summed E-state index contributed by atoms with van der Waals surface area (Å²) in [7, 11) is 0. The Hall–Kier alpha value is -1.85. The first-order chi connectivity index (χ1) is 9.58. The second-order valence-corrected chi connectivity index (χ2v) is 5.34. The standard InChI is InChI=1S/C14H21N3O3/c1-10-15-8-12(14(19)20)17(10)9-13(18)16-11-6-4-2-3-5-7-11/h8,11H,2-7,9H2,1H3,(H,16,18)(H,19,20). The summed E-state index contributed by atoms with van der Waals surface area (Å²) in [6.07, 6.45) is 8.08. The van der Waals surface area contributed by atoms with E-state index in [1.165, 1.54) is 23.6 Å². The Bertz CT molecular complexity index is 488. The number of aromatic carboxylic acids is 1. The molecule has 1 aliphatic rings. The van der Waals surface area contributed by atoms with E-state index in [2.05, 4.69) is 10.3 Å². The fourth-order valence-corrected chi connectivity index (χ4v) is 2.68. The number of nitrogens with zero attached hydrogens (tertiary/aromatic N) is 2. The van der Waals surface area contributed by atoms with Crippen LogP contribution in [-0.2, 0) is 11.3 Å². The number of rotatable bonds is 4. The van der Waals surface area contributed by atoms with Gasteiger partial charge < -0.3 is 15.0 Å². The summed E-state index contributed by atoms with van der Waals surface area (Å²) in [5, 5.41) is 12.1. The number of carbonyl (C=O) groups is 2. The number of hydrogen-bond acceptors (Lipinski definition) is 3. The van der Waals surface area contributed by atoms with E-state index in [9.17, 15) is 9.59 Å². The van der Waals surface area contributed by atoms with Gasteiger partial charge >= 0.3 is 5.97 Å². The van der Waals surface area contributed by atoms with E-state index < -0.39 is 5.97 Å². The molecule has 1 amide bonds. The highest BCUT2D eigenvalue weighted by atomic mass is 16.4. The molecule has 0 atom stereocenters. The topological polar surface area (TPSA) is 84.2 Å². The van der Waals surface area contributed by atoms with Crippen molar-refractivity contribution in [1.29, 1.82) is 0 Å². The SMILES string of the molecule is Cc1ncc(C(=O)O)n1CC(=O)NC1CCCCCC1. The summed E-state index contributed by atoms with van der Waals surface area (Å²) in [4.78, 5) is 27.1. The summed E-state index contributed by atoms with van der Waals surface area (Å²) < 4.78 is 1.44. The van der Waals surface area contributed by atoms with Gasteiger partial charge in [0, 0.05) is 6.04 Å². The summed E-state index contributed by atoms with van der Waals surface area (Å²) in [6.45, 7) is 1.72. The first-order valence-electron chi connectivity index (χ1n) is 7.12. The lowest BCUT2D eigenvalue weighted by atomic mass is 10.1. The highest BCUT2D eigenvalue weighted by Crippen LogP contribution is 2.17. The lowest BCUT2D eigenvalue weighted by Gasteiger charge is -2.17. The summed E-state index contributed by atoms with van der Waals surface area (Å²) in [6, 6.07) is 0.224. The van der Waals surface area contributed by atoms with Gasteiger partial charge in [-0.15, -0.1) is 0 Å². The third kappa shape index (κ3) is 3.59. The number of carbonyl (C=O) groups excluding carboxylic acids is 1. The van der Waals surface area contributed by atoms with Crippen LogP contribution < -0.4 is 5.32 Å². The molecule has 0 saturated heterocycles. The van der Waals surface area contributed by atoms with Crippen LogP contribution in [0.25, 0.3) is 0 Å². The normalized spacial score (nSPS) is 16.6. The van der Waals surface area contributed by atoms with Crippen LogP contribution in [0.4, 0.5) is 0 Å². The van der Waals surface area contributed by atoms with Crippen molar-refractivity contribution in [1.82, 2.24) is 14.9 Å². The van der Waals surface area contributed by atoms with E-state index in [-0.39, 0.29) is 24.2 Å². The molecule has 0 unspecified atom stereocenters. The highest BCUT2D eigenvalue weighted by molar-refractivity contribution is 5.86. The maximum atomic E-state index is 12.1. The number of amides is 1. The van der Waals surface area contributed by atoms with E-state index in [0.717, 1.165) is 25.7 Å². The van der Waals surface area contributed by atoms with Crippen molar-refractivity contribution >= 4 is 11.9 Å². The van der Waals surface area contributed by atoms with Crippen LogP contribution in [0.15, 0.2) is 6.20 Å². The number of carboxylic acids is 1. The molecule has 0 bridgehead atoms. The maximum absolute atomic E-state index is 12.1. The maximum Gasteiger partial charge on any atom is 0.354 e. The van der Waals surface area contributed by atoms with E-state index in [4.69, 9.17) is 5.11 Å². The van der Waals surface area contributed by atoms with Gasteiger partial charge in [-0.2, -0.15) is 0 Å². The minimum absolute atomic E-state index is 0.0178. The van der Waals surface area contributed by atoms with Crippen LogP contribution in [-0.4, -0.2) is 32.6 Å². The number of aromatic nitrogens is 2. The van der Waals surface area contributed by atoms with Crippen LogP contribution in [0.2, 0.25) is 0 Å². The van der Waals surface area contributed by atoms with E-state index in [1.54, 1.807) is 6.92 Å². The van der Waals surface area contributed by atoms with E-state index >= 15 is 0 Å². The van der Waals surface area contributed by atoms with Gasteiger partial charge in [0.2, 0.25) is 5.91 Å². The fourth-order valence-electron chi connectivity index (χ4n) is 2.68. The molecule has 1 fully saturated rings. The average molecular weight is 279 g/mol. The Morgan fingerprint density at radius 2 is 2.00 bits per heavy atom. The smallest absolute Gasteiger partial charge is 0.354 e. The molecule has 6 heteroatoms. The van der Waals surface area contributed by atoms with Crippen molar-refractivity contribution < 1.29 is 14.7 Å². The number of carboxylic acid groups (broad SMARTS) is 1. The molecule has 0 radical (unpaired) electrons. The molecule has 1 heterocycles. The molecule has 1 aliphatic carbocycles. The first kappa shape index (κ1) is 14.6. The molecule has 0 spiro atoms. The lowest BCUT2D eigenvalue weighted by Crippen LogP contribution is -2.37. The number of imidazole rings is 1. The van der Waals surface area contributed by atoms with Gasteiger partial charge in [-0.25, -0.2) is 9.78 Å². The van der Waals surface area contributed by atoms with Gasteiger partial charge in [-0.1, -0.05) is 25.7 Å². The van der Waals surface area contributed by atoms with Gasteiger partial charge in [-0.05, 0) is 19.8 Å². The number of hydrogen-bond donors (Lipinski definition) is 2. The van der Waals surface area contributed by atoms with Crippen molar-refractivity contribution in [2.45, 2.75) is 58.0 Å². The molecule has 20 heavy (non-hydrogen) atoms. The second kappa shape index (κ2) is 6.54. The Morgan fingerprint density at radius 1 is 1.35 bits per heavy atom. The third-order valence-corrected chi connectivity index (χ3v) is 3.80. The predicted molar refractivity (Wildman–Crippen MR) is 73.6 cm³/mol. The van der Waals surface area contributed by atoms with Crippen LogP contribution in [0.5, 0.6) is 0 Å². The zero-order valence-electron chi connectivity index (χ0n) is 11.8. The van der Waals surface area contributed by atoms with Gasteiger partial charge in [0.15, 0.2) is 0 Å². The predicted octanol–water partition coefficient (Wildman–Crippen LogP) is 1.73. The number of aryl methyl sites for hydroxylation is 1. The largest absolute Gasteiger partial charge is 0.477 e. The van der Waals surface area contributed by atoms with Crippen LogP contribution in [0, 0.1) is 6.92 Å². The second-order valence-electron chi connectivity index (χ2n) is 5.34. The summed E-state index contributed by atoms with van der Waals surface area (Å²) in [5.74, 6) is -0.660. The van der Waals surface area contributed by atoms with Crippen molar-refractivity contribution in [2.75, 3.05) is 0 Å². The van der Waals surface area contributed by atoms with Gasteiger partial charge in [0.05, 0.1) is 6.20 Å². The van der Waals surface area contributed by atoms with Crippen LogP contribution >= 0.6 is 0 Å². The zero-order chi connectivity index (χ0) is 14.5. The summed E-state index contributed by atoms with van der Waals surface area (Å²) >= 11 is 0. The van der Waals surface area contributed by atoms with Crippen molar-refractivity contribution in [3.8, 4) is 0 Å². The van der Waals surface area contributed by atoms with Crippen molar-refractivity contribution in [3.63, 3.8) is 0 Å². The molecule has 6 nitrogen and oxygen atoms in total. The average Bonchev–Trinajstić information content (AvgIpc) is 2.62. The van der Waals surface area contributed by atoms with E-state index in [1.807, 2.05) is 0 Å². The quantitative estimate of drug-likeness (QED) is 0.822. The molecule has 2 rings (SSSR count). The fraction of sp³-hybridized carbons (Fsp3) is 0.643. The molecule has 2 N–H and O–H groups in total. The molecular weight excluding hydrogens is 258 g/mol. The van der Waals surface area contributed by atoms with Gasteiger partial charge in [0.1, 0.15) is 18.1 Å². The zero-order valence-corrected chi connectivity index (χ0v) is 11.8. The van der Waals surface area contributed by atoms with Gasteiger partial charge in [-0.3, -0.25) is 4.79 Å². The lowest BCUT2D eigenvalue weighted by molar-refractivity contribution is -0.122. The van der Waals surface area contributed by atoms with Crippen molar-refractivity contribution in [3.05, 3.63) is 17.7 Å². The molecule has 1 aromatic heterocycles. The molecule has 0 aliphatic heterocycles. The molecular formula is C14H21N3O3. The minimum Gasteiger partial charge on any atom is -0.477 e. The van der Waals surface area contributed by atoms with Crippen molar-refractivity contribution in [2.24, 2.45) is 0 Å². The first-order valence-corrected chi connectivity index (χ1v) is 7.12.